The maximum Gasteiger partial charge on any atom is 0.265 e. The van der Waals surface area contributed by atoms with Crippen molar-refractivity contribution in [3.63, 3.8) is 0 Å². The molecule has 0 radical (unpaired) electrons. The molecule has 3 nitrogen and oxygen atoms in total. The highest BCUT2D eigenvalue weighted by atomic mass is 35.7. The first-order chi connectivity index (χ1) is 9.79. The first-order valence-electron chi connectivity index (χ1n) is 6.86. The molecule has 1 aromatic rings. The Morgan fingerprint density at radius 1 is 1.29 bits per heavy atom. The molecule has 1 rings (SSSR count). The Labute approximate surface area is 128 Å². The van der Waals surface area contributed by atoms with E-state index in [0.717, 1.165) is 25.7 Å². The van der Waals surface area contributed by atoms with Crippen LogP contribution in [-0.4, -0.2) is 15.0 Å². The van der Waals surface area contributed by atoms with E-state index in [-0.39, 0.29) is 12.5 Å². The van der Waals surface area contributed by atoms with Crippen molar-refractivity contribution in [2.24, 2.45) is 5.92 Å². The van der Waals surface area contributed by atoms with Crippen molar-refractivity contribution in [3.05, 3.63) is 23.8 Å². The molecule has 0 bridgehead atoms. The fraction of sp³-hybridized carbons (Fsp3) is 0.571. The zero-order valence-corrected chi connectivity index (χ0v) is 13.6. The molecule has 0 amide bonds. The van der Waals surface area contributed by atoms with Gasteiger partial charge >= 0.3 is 0 Å². The molecule has 7 heteroatoms. The number of unbranched alkanes of at least 4 members (excludes halogenated alkanes) is 1. The summed E-state index contributed by atoms with van der Waals surface area (Å²) in [5.74, 6) is -2.42. The average molecular weight is 341 g/mol. The maximum atomic E-state index is 13.8. The molecule has 120 valence electrons. The van der Waals surface area contributed by atoms with E-state index >= 15 is 0 Å². The Balaban J connectivity index is 2.97. The maximum absolute atomic E-state index is 13.8. The van der Waals surface area contributed by atoms with Crippen LogP contribution in [0.1, 0.15) is 39.5 Å². The third-order valence-corrected chi connectivity index (χ3v) is 4.57. The SMILES string of the molecule is CCCCC(CC)COc1c(F)cc(F)cc1S(=O)(=O)Cl. The van der Waals surface area contributed by atoms with Crippen LogP contribution in [0.5, 0.6) is 5.75 Å². The van der Waals surface area contributed by atoms with Gasteiger partial charge in [0.15, 0.2) is 11.6 Å². The van der Waals surface area contributed by atoms with Gasteiger partial charge < -0.3 is 4.74 Å². The van der Waals surface area contributed by atoms with Crippen LogP contribution in [0, 0.1) is 17.6 Å². The second kappa shape index (κ2) is 7.94. The van der Waals surface area contributed by atoms with E-state index in [0.29, 0.717) is 12.1 Å². The molecule has 1 atom stereocenters. The van der Waals surface area contributed by atoms with Crippen LogP contribution in [0.15, 0.2) is 17.0 Å². The van der Waals surface area contributed by atoms with Crippen molar-refractivity contribution in [3.8, 4) is 5.75 Å². The van der Waals surface area contributed by atoms with Crippen molar-refractivity contribution in [1.82, 2.24) is 0 Å². The Morgan fingerprint density at radius 3 is 2.48 bits per heavy atom. The van der Waals surface area contributed by atoms with Gasteiger partial charge in [-0.05, 0) is 18.4 Å². The van der Waals surface area contributed by atoms with Gasteiger partial charge in [0.2, 0.25) is 0 Å². The molecule has 0 aliphatic carbocycles. The lowest BCUT2D eigenvalue weighted by molar-refractivity contribution is 0.219. The van der Waals surface area contributed by atoms with Gasteiger partial charge in [0.25, 0.3) is 9.05 Å². The van der Waals surface area contributed by atoms with Gasteiger partial charge in [0, 0.05) is 16.7 Å². The van der Waals surface area contributed by atoms with Crippen molar-refractivity contribution < 1.29 is 21.9 Å². The molecule has 1 aromatic carbocycles. The minimum atomic E-state index is -4.28. The van der Waals surface area contributed by atoms with Gasteiger partial charge in [0.05, 0.1) is 6.61 Å². The Hall–Kier alpha value is -0.880. The van der Waals surface area contributed by atoms with Crippen LogP contribution in [-0.2, 0) is 9.05 Å². The minimum Gasteiger partial charge on any atom is -0.489 e. The van der Waals surface area contributed by atoms with Crippen LogP contribution in [0.4, 0.5) is 8.78 Å². The Bertz CT molecular complexity index is 576. The van der Waals surface area contributed by atoms with Gasteiger partial charge in [-0.1, -0.05) is 33.1 Å². The largest absolute Gasteiger partial charge is 0.489 e. The van der Waals surface area contributed by atoms with Crippen molar-refractivity contribution in [2.45, 2.75) is 44.4 Å². The first-order valence-corrected chi connectivity index (χ1v) is 9.17. The molecule has 0 N–H and O–H groups in total. The van der Waals surface area contributed by atoms with Gasteiger partial charge in [-0.15, -0.1) is 0 Å². The summed E-state index contributed by atoms with van der Waals surface area (Å²) in [6.07, 6.45) is 3.77. The summed E-state index contributed by atoms with van der Waals surface area (Å²) in [7, 11) is 0.917. The van der Waals surface area contributed by atoms with Crippen LogP contribution in [0.25, 0.3) is 0 Å². The van der Waals surface area contributed by atoms with E-state index in [1.807, 2.05) is 6.92 Å². The van der Waals surface area contributed by atoms with Gasteiger partial charge in [0.1, 0.15) is 10.7 Å². The topological polar surface area (TPSA) is 43.4 Å². The highest BCUT2D eigenvalue weighted by molar-refractivity contribution is 8.13. The monoisotopic (exact) mass is 340 g/mol. The highest BCUT2D eigenvalue weighted by Gasteiger charge is 2.23. The molecular formula is C14H19ClF2O3S. The molecule has 1 unspecified atom stereocenters. The number of ether oxygens (including phenoxy) is 1. The van der Waals surface area contributed by atoms with Crippen molar-refractivity contribution in [1.29, 1.82) is 0 Å². The van der Waals surface area contributed by atoms with Crippen LogP contribution in [0.3, 0.4) is 0 Å². The van der Waals surface area contributed by atoms with Crippen LogP contribution >= 0.6 is 10.7 Å². The second-order valence-electron chi connectivity index (χ2n) is 4.88. The molecule has 0 aliphatic rings. The summed E-state index contributed by atoms with van der Waals surface area (Å²) in [5.41, 5.74) is 0. The Morgan fingerprint density at radius 2 is 1.95 bits per heavy atom. The smallest absolute Gasteiger partial charge is 0.265 e. The zero-order chi connectivity index (χ0) is 16.0. The van der Waals surface area contributed by atoms with E-state index in [9.17, 15) is 17.2 Å². The van der Waals surface area contributed by atoms with Crippen LogP contribution < -0.4 is 4.74 Å². The van der Waals surface area contributed by atoms with Crippen molar-refractivity contribution in [2.75, 3.05) is 6.61 Å². The van der Waals surface area contributed by atoms with E-state index in [2.05, 4.69) is 6.92 Å². The lowest BCUT2D eigenvalue weighted by atomic mass is 10.0. The zero-order valence-electron chi connectivity index (χ0n) is 12.0. The van der Waals surface area contributed by atoms with E-state index in [1.165, 1.54) is 0 Å². The molecule has 0 aromatic heterocycles. The molecule has 0 aliphatic heterocycles. The Kier molecular flexibility index (Phi) is 6.87. The van der Waals surface area contributed by atoms with E-state index in [4.69, 9.17) is 15.4 Å². The second-order valence-corrected chi connectivity index (χ2v) is 7.41. The predicted molar refractivity (Wildman–Crippen MR) is 78.2 cm³/mol. The predicted octanol–water partition coefficient (Wildman–Crippen LogP) is 4.49. The molecule has 21 heavy (non-hydrogen) atoms. The van der Waals surface area contributed by atoms with Gasteiger partial charge in [-0.2, -0.15) is 0 Å². The molecule has 0 saturated heterocycles. The standard InChI is InChI=1S/C14H19ClF2O3S/c1-3-5-6-10(4-2)9-20-14-12(17)7-11(16)8-13(14)21(15,18)19/h7-8,10H,3-6,9H2,1-2H3. The number of hydrogen-bond donors (Lipinski definition) is 0. The summed E-state index contributed by atoms with van der Waals surface area (Å²) >= 11 is 0. The summed E-state index contributed by atoms with van der Waals surface area (Å²) in [6, 6.07) is 1.24. The quantitative estimate of drug-likeness (QED) is 0.655. The number of hydrogen-bond acceptors (Lipinski definition) is 3. The third-order valence-electron chi connectivity index (χ3n) is 3.24. The van der Waals surface area contributed by atoms with Gasteiger partial charge in [-0.3, -0.25) is 0 Å². The van der Waals surface area contributed by atoms with E-state index < -0.39 is 31.3 Å². The number of halogens is 3. The minimum absolute atomic E-state index is 0.165. The summed E-state index contributed by atoms with van der Waals surface area (Å²) in [6.45, 7) is 4.20. The molecule has 0 spiro atoms. The lowest BCUT2D eigenvalue weighted by Gasteiger charge is -2.17. The fourth-order valence-corrected chi connectivity index (χ4v) is 2.93. The fourth-order valence-electron chi connectivity index (χ4n) is 1.96. The number of rotatable bonds is 8. The van der Waals surface area contributed by atoms with Gasteiger partial charge in [-0.25, -0.2) is 17.2 Å². The third kappa shape index (κ3) is 5.43. The van der Waals surface area contributed by atoms with Crippen LogP contribution in [0.2, 0.25) is 0 Å². The van der Waals surface area contributed by atoms with E-state index in [1.54, 1.807) is 0 Å². The molecular weight excluding hydrogens is 322 g/mol. The normalized spacial score (nSPS) is 13.2. The van der Waals surface area contributed by atoms with Crippen molar-refractivity contribution >= 4 is 19.7 Å². The molecule has 0 heterocycles. The molecule has 0 saturated carbocycles. The summed E-state index contributed by atoms with van der Waals surface area (Å²) in [5, 5.41) is 0. The summed E-state index contributed by atoms with van der Waals surface area (Å²) < 4.78 is 55.0. The highest BCUT2D eigenvalue weighted by Crippen LogP contribution is 2.31. The lowest BCUT2D eigenvalue weighted by Crippen LogP contribution is -2.13. The molecule has 0 fully saturated rings. The number of benzene rings is 1. The first kappa shape index (κ1) is 18.2. The average Bonchev–Trinajstić information content (AvgIpc) is 2.39. The summed E-state index contributed by atoms with van der Waals surface area (Å²) in [4.78, 5) is -0.674.